The second kappa shape index (κ2) is 7.53. The lowest BCUT2D eigenvalue weighted by Gasteiger charge is -2.22. The molecule has 0 bridgehead atoms. The Morgan fingerprint density at radius 3 is 1.92 bits per heavy atom. The summed E-state index contributed by atoms with van der Waals surface area (Å²) in [6, 6.07) is 0.00917. The Balaban J connectivity index is 3.72. The third-order valence-electron chi connectivity index (χ3n) is 1.63. The van der Waals surface area contributed by atoms with Gasteiger partial charge in [0.15, 0.2) is 6.29 Å². The van der Waals surface area contributed by atoms with Crippen LogP contribution in [0.5, 0.6) is 0 Å². The fourth-order valence-electron chi connectivity index (χ4n) is 1.09. The lowest BCUT2D eigenvalue weighted by molar-refractivity contribution is -0.149. The number of hydrogen-bond acceptors (Lipinski definition) is 3. The highest BCUT2D eigenvalue weighted by Crippen LogP contribution is 2.05. The maximum Gasteiger partial charge on any atom is 0.172 e. The van der Waals surface area contributed by atoms with Crippen LogP contribution in [-0.2, 0) is 9.47 Å². The Morgan fingerprint density at radius 1 is 1.08 bits per heavy atom. The van der Waals surface area contributed by atoms with E-state index in [0.29, 0.717) is 13.2 Å². The Morgan fingerprint density at radius 2 is 1.58 bits per heavy atom. The van der Waals surface area contributed by atoms with Crippen molar-refractivity contribution >= 4 is 0 Å². The van der Waals surface area contributed by atoms with Crippen molar-refractivity contribution in [1.82, 2.24) is 0 Å². The molecule has 0 aliphatic carbocycles. The van der Waals surface area contributed by atoms with Gasteiger partial charge in [-0.1, -0.05) is 13.3 Å². The largest absolute Gasteiger partial charge is 0.351 e. The van der Waals surface area contributed by atoms with Crippen LogP contribution >= 0.6 is 0 Å². The molecule has 74 valence electrons. The van der Waals surface area contributed by atoms with Crippen molar-refractivity contribution in [1.29, 1.82) is 0 Å². The lowest BCUT2D eigenvalue weighted by Crippen LogP contribution is -2.38. The van der Waals surface area contributed by atoms with E-state index in [-0.39, 0.29) is 12.3 Å². The van der Waals surface area contributed by atoms with Gasteiger partial charge in [0.05, 0.1) is 6.04 Å². The molecule has 1 atom stereocenters. The third kappa shape index (κ3) is 4.70. The summed E-state index contributed by atoms with van der Waals surface area (Å²) >= 11 is 0. The van der Waals surface area contributed by atoms with E-state index in [1.165, 1.54) is 0 Å². The van der Waals surface area contributed by atoms with Crippen molar-refractivity contribution < 1.29 is 9.47 Å². The zero-order chi connectivity index (χ0) is 9.40. The predicted molar refractivity (Wildman–Crippen MR) is 49.9 cm³/mol. The van der Waals surface area contributed by atoms with Crippen LogP contribution in [0.2, 0.25) is 0 Å². The lowest BCUT2D eigenvalue weighted by atomic mass is 10.2. The summed E-state index contributed by atoms with van der Waals surface area (Å²) in [6.45, 7) is 7.31. The molecule has 0 saturated heterocycles. The number of hydrogen-bond donors (Lipinski definition) is 1. The standard InChI is InChI=1S/C9H21NO2/c1-4-7-8(10)9(11-5-2)12-6-3/h8-9H,4-7,10H2,1-3H3. The van der Waals surface area contributed by atoms with E-state index in [2.05, 4.69) is 6.92 Å². The van der Waals surface area contributed by atoms with Gasteiger partial charge in [0.2, 0.25) is 0 Å². The molecule has 0 aliphatic heterocycles. The minimum atomic E-state index is -0.222. The van der Waals surface area contributed by atoms with Crippen LogP contribution in [0.15, 0.2) is 0 Å². The number of rotatable bonds is 7. The summed E-state index contributed by atoms with van der Waals surface area (Å²) in [4.78, 5) is 0. The van der Waals surface area contributed by atoms with Gasteiger partial charge in [0, 0.05) is 13.2 Å². The first kappa shape index (κ1) is 11.9. The van der Waals surface area contributed by atoms with Crippen molar-refractivity contribution in [2.45, 2.75) is 45.9 Å². The average molecular weight is 175 g/mol. The van der Waals surface area contributed by atoms with Gasteiger partial charge in [-0.3, -0.25) is 0 Å². The summed E-state index contributed by atoms with van der Waals surface area (Å²) in [5.74, 6) is 0. The molecule has 0 aliphatic rings. The zero-order valence-electron chi connectivity index (χ0n) is 8.38. The molecule has 3 nitrogen and oxygen atoms in total. The summed E-state index contributed by atoms with van der Waals surface area (Å²) in [5, 5.41) is 0. The second-order valence-electron chi connectivity index (χ2n) is 2.73. The van der Waals surface area contributed by atoms with Gasteiger partial charge < -0.3 is 15.2 Å². The van der Waals surface area contributed by atoms with E-state index in [4.69, 9.17) is 15.2 Å². The molecular weight excluding hydrogens is 154 g/mol. The minimum absolute atomic E-state index is 0.00917. The van der Waals surface area contributed by atoms with Crippen LogP contribution < -0.4 is 5.73 Å². The van der Waals surface area contributed by atoms with Gasteiger partial charge in [-0.15, -0.1) is 0 Å². The van der Waals surface area contributed by atoms with E-state index in [0.717, 1.165) is 12.8 Å². The predicted octanol–water partition coefficient (Wildman–Crippen LogP) is 1.51. The van der Waals surface area contributed by atoms with Crippen LogP contribution in [0.3, 0.4) is 0 Å². The third-order valence-corrected chi connectivity index (χ3v) is 1.63. The molecule has 0 spiro atoms. The molecule has 0 rings (SSSR count). The van der Waals surface area contributed by atoms with Crippen molar-refractivity contribution in [2.75, 3.05) is 13.2 Å². The summed E-state index contributed by atoms with van der Waals surface area (Å²) in [7, 11) is 0. The molecule has 0 aromatic heterocycles. The van der Waals surface area contributed by atoms with Crippen molar-refractivity contribution in [2.24, 2.45) is 5.73 Å². The normalized spacial score (nSPS) is 13.8. The molecular formula is C9H21NO2. The van der Waals surface area contributed by atoms with Gasteiger partial charge in [-0.2, -0.15) is 0 Å². The molecule has 0 amide bonds. The molecule has 0 radical (unpaired) electrons. The Labute approximate surface area is 75.2 Å². The maximum atomic E-state index is 5.85. The Kier molecular flexibility index (Phi) is 7.45. The van der Waals surface area contributed by atoms with Crippen LogP contribution in [0.1, 0.15) is 33.6 Å². The highest BCUT2D eigenvalue weighted by Gasteiger charge is 2.16. The van der Waals surface area contributed by atoms with Gasteiger partial charge in [0.25, 0.3) is 0 Å². The Bertz CT molecular complexity index is 92.5. The number of ether oxygens (including phenoxy) is 2. The molecule has 12 heavy (non-hydrogen) atoms. The van der Waals surface area contributed by atoms with E-state index in [1.54, 1.807) is 0 Å². The highest BCUT2D eigenvalue weighted by molar-refractivity contribution is 4.64. The summed E-state index contributed by atoms with van der Waals surface area (Å²) in [6.07, 6.45) is 1.79. The first-order chi connectivity index (χ1) is 5.76. The highest BCUT2D eigenvalue weighted by atomic mass is 16.7. The van der Waals surface area contributed by atoms with E-state index >= 15 is 0 Å². The first-order valence-electron chi connectivity index (χ1n) is 4.74. The maximum absolute atomic E-state index is 5.85. The van der Waals surface area contributed by atoms with Crippen LogP contribution in [0.4, 0.5) is 0 Å². The molecule has 3 heteroatoms. The van der Waals surface area contributed by atoms with E-state index in [1.807, 2.05) is 13.8 Å². The smallest absolute Gasteiger partial charge is 0.172 e. The van der Waals surface area contributed by atoms with Crippen molar-refractivity contribution in [3.63, 3.8) is 0 Å². The molecule has 0 fully saturated rings. The van der Waals surface area contributed by atoms with E-state index in [9.17, 15) is 0 Å². The van der Waals surface area contributed by atoms with Crippen molar-refractivity contribution in [3.8, 4) is 0 Å². The fraction of sp³-hybridized carbons (Fsp3) is 1.00. The quantitative estimate of drug-likeness (QED) is 0.596. The molecule has 2 N–H and O–H groups in total. The van der Waals surface area contributed by atoms with Gasteiger partial charge in [0.1, 0.15) is 0 Å². The molecule has 1 unspecified atom stereocenters. The Hall–Kier alpha value is -0.120. The van der Waals surface area contributed by atoms with E-state index < -0.39 is 0 Å². The van der Waals surface area contributed by atoms with Crippen molar-refractivity contribution in [3.05, 3.63) is 0 Å². The molecule has 0 saturated carbocycles. The molecule has 0 heterocycles. The van der Waals surface area contributed by atoms with Gasteiger partial charge >= 0.3 is 0 Å². The molecule has 0 aromatic rings. The van der Waals surface area contributed by atoms with Crippen LogP contribution in [-0.4, -0.2) is 25.5 Å². The first-order valence-corrected chi connectivity index (χ1v) is 4.74. The topological polar surface area (TPSA) is 44.5 Å². The SMILES string of the molecule is CCCC(N)C(OCC)OCC. The second-order valence-corrected chi connectivity index (χ2v) is 2.73. The minimum Gasteiger partial charge on any atom is -0.351 e. The fourth-order valence-corrected chi connectivity index (χ4v) is 1.09. The summed E-state index contributed by atoms with van der Waals surface area (Å²) in [5.41, 5.74) is 5.85. The van der Waals surface area contributed by atoms with Gasteiger partial charge in [-0.05, 0) is 20.3 Å². The van der Waals surface area contributed by atoms with Gasteiger partial charge in [-0.25, -0.2) is 0 Å². The number of nitrogens with two attached hydrogens (primary N) is 1. The molecule has 0 aromatic carbocycles. The average Bonchev–Trinajstić information content (AvgIpc) is 2.04. The van der Waals surface area contributed by atoms with Crippen LogP contribution in [0, 0.1) is 0 Å². The van der Waals surface area contributed by atoms with Crippen LogP contribution in [0.25, 0.3) is 0 Å². The monoisotopic (exact) mass is 175 g/mol. The summed E-state index contributed by atoms with van der Waals surface area (Å²) < 4.78 is 10.7. The zero-order valence-corrected chi connectivity index (χ0v) is 8.38.